The molecule has 0 spiro atoms. The summed E-state index contributed by atoms with van der Waals surface area (Å²) in [7, 11) is -1.85. The molecule has 1 saturated carbocycles. The van der Waals surface area contributed by atoms with Crippen LogP contribution in [0, 0.1) is 0 Å². The lowest BCUT2D eigenvalue weighted by atomic mass is 10.1. The zero-order valence-corrected chi connectivity index (χ0v) is 16.4. The van der Waals surface area contributed by atoms with Crippen molar-refractivity contribution in [2.45, 2.75) is 30.3 Å². The van der Waals surface area contributed by atoms with E-state index in [1.807, 2.05) is 0 Å². The van der Waals surface area contributed by atoms with Crippen LogP contribution in [0.5, 0.6) is 0 Å². The average Bonchev–Trinajstić information content (AvgIpc) is 3.41. The van der Waals surface area contributed by atoms with Crippen LogP contribution in [0.3, 0.4) is 0 Å². The fraction of sp³-hybridized carbons (Fsp3) is 0.278. The van der Waals surface area contributed by atoms with E-state index < -0.39 is 10.0 Å². The summed E-state index contributed by atoms with van der Waals surface area (Å²) in [5.74, 6) is -0.213. The van der Waals surface area contributed by atoms with Gasteiger partial charge < -0.3 is 4.90 Å². The summed E-state index contributed by atoms with van der Waals surface area (Å²) in [5, 5.41) is 0.892. The third kappa shape index (κ3) is 4.57. The van der Waals surface area contributed by atoms with Gasteiger partial charge in [-0.05, 0) is 54.8 Å². The standard InChI is InChI=1S/C18H18Cl2N2O3S/c1-22(11-12-2-9-16(19)17(20)10-12)18(23)13-3-7-15(8-4-13)26(24,25)21-14-5-6-14/h2-4,7-10,14,21H,5-6,11H2,1H3. The largest absolute Gasteiger partial charge is 0.337 e. The molecular formula is C18H18Cl2N2O3S. The second-order valence-corrected chi connectivity index (χ2v) is 8.86. The van der Waals surface area contributed by atoms with E-state index in [-0.39, 0.29) is 16.8 Å². The Labute approximate surface area is 163 Å². The third-order valence-corrected chi connectivity index (χ3v) is 6.34. The minimum atomic E-state index is -3.52. The van der Waals surface area contributed by atoms with E-state index in [1.165, 1.54) is 29.2 Å². The number of nitrogens with one attached hydrogen (secondary N) is 1. The van der Waals surface area contributed by atoms with E-state index in [1.54, 1.807) is 25.2 Å². The van der Waals surface area contributed by atoms with Crippen molar-refractivity contribution in [1.29, 1.82) is 0 Å². The Balaban J connectivity index is 1.69. The van der Waals surface area contributed by atoms with E-state index in [0.29, 0.717) is 22.2 Å². The molecule has 0 atom stereocenters. The summed E-state index contributed by atoms with van der Waals surface area (Å²) < 4.78 is 27.0. The van der Waals surface area contributed by atoms with Crippen LogP contribution >= 0.6 is 23.2 Å². The van der Waals surface area contributed by atoms with E-state index in [2.05, 4.69) is 4.72 Å². The number of sulfonamides is 1. The van der Waals surface area contributed by atoms with Crippen molar-refractivity contribution >= 4 is 39.1 Å². The molecule has 26 heavy (non-hydrogen) atoms. The Morgan fingerprint density at radius 2 is 1.77 bits per heavy atom. The fourth-order valence-corrected chi connectivity index (χ4v) is 4.10. The first-order valence-electron chi connectivity index (χ1n) is 8.08. The second-order valence-electron chi connectivity index (χ2n) is 6.33. The zero-order valence-electron chi connectivity index (χ0n) is 14.1. The zero-order chi connectivity index (χ0) is 18.9. The number of halogens is 2. The predicted octanol–water partition coefficient (Wildman–Crippen LogP) is 3.71. The minimum Gasteiger partial charge on any atom is -0.337 e. The van der Waals surface area contributed by atoms with Crippen LogP contribution in [-0.4, -0.2) is 32.3 Å². The Morgan fingerprint density at radius 3 is 2.35 bits per heavy atom. The van der Waals surface area contributed by atoms with Crippen LogP contribution in [0.1, 0.15) is 28.8 Å². The molecule has 1 fully saturated rings. The van der Waals surface area contributed by atoms with Gasteiger partial charge in [0.05, 0.1) is 14.9 Å². The van der Waals surface area contributed by atoms with E-state index >= 15 is 0 Å². The molecule has 0 heterocycles. The smallest absolute Gasteiger partial charge is 0.253 e. The molecule has 0 radical (unpaired) electrons. The molecule has 1 aliphatic rings. The maximum absolute atomic E-state index is 12.6. The molecule has 0 aromatic heterocycles. The number of carbonyl (C=O) groups is 1. The average molecular weight is 413 g/mol. The van der Waals surface area contributed by atoms with E-state index in [9.17, 15) is 13.2 Å². The van der Waals surface area contributed by atoms with Crippen molar-refractivity contribution < 1.29 is 13.2 Å². The summed E-state index contributed by atoms with van der Waals surface area (Å²) >= 11 is 11.9. The monoisotopic (exact) mass is 412 g/mol. The summed E-state index contributed by atoms with van der Waals surface area (Å²) in [5.41, 5.74) is 1.26. The van der Waals surface area contributed by atoms with Gasteiger partial charge in [0.25, 0.3) is 5.91 Å². The van der Waals surface area contributed by atoms with Crippen molar-refractivity contribution in [3.63, 3.8) is 0 Å². The first-order chi connectivity index (χ1) is 12.3. The number of hydrogen-bond donors (Lipinski definition) is 1. The quantitative estimate of drug-likeness (QED) is 0.785. The first-order valence-corrected chi connectivity index (χ1v) is 10.3. The molecule has 0 unspecified atom stereocenters. The highest BCUT2D eigenvalue weighted by Crippen LogP contribution is 2.24. The van der Waals surface area contributed by atoms with E-state index in [4.69, 9.17) is 23.2 Å². The molecule has 138 valence electrons. The van der Waals surface area contributed by atoms with Crippen molar-refractivity contribution in [1.82, 2.24) is 9.62 Å². The summed E-state index contributed by atoms with van der Waals surface area (Å²) in [6, 6.07) is 11.2. The van der Waals surface area contributed by atoms with Crippen LogP contribution in [0.4, 0.5) is 0 Å². The summed E-state index contributed by atoms with van der Waals surface area (Å²) in [6.07, 6.45) is 1.74. The van der Waals surface area contributed by atoms with Gasteiger partial charge in [0, 0.05) is 25.2 Å². The van der Waals surface area contributed by atoms with Crippen molar-refractivity contribution in [3.05, 3.63) is 63.6 Å². The maximum Gasteiger partial charge on any atom is 0.253 e. The van der Waals surface area contributed by atoms with Gasteiger partial charge in [-0.25, -0.2) is 13.1 Å². The maximum atomic E-state index is 12.6. The topological polar surface area (TPSA) is 66.5 Å². The van der Waals surface area contributed by atoms with Crippen LogP contribution in [0.2, 0.25) is 10.0 Å². The Morgan fingerprint density at radius 1 is 1.12 bits per heavy atom. The Kier molecular flexibility index (Phi) is 5.58. The Bertz CT molecular complexity index is 926. The third-order valence-electron chi connectivity index (χ3n) is 4.06. The van der Waals surface area contributed by atoms with Gasteiger partial charge in [-0.1, -0.05) is 29.3 Å². The molecule has 1 N–H and O–H groups in total. The van der Waals surface area contributed by atoms with Gasteiger partial charge in [-0.2, -0.15) is 0 Å². The normalized spacial score (nSPS) is 14.3. The van der Waals surface area contributed by atoms with Crippen LogP contribution in [0.15, 0.2) is 47.4 Å². The molecule has 2 aromatic rings. The number of hydrogen-bond acceptors (Lipinski definition) is 3. The number of benzene rings is 2. The molecule has 0 bridgehead atoms. The number of carbonyl (C=O) groups excluding carboxylic acids is 1. The highest BCUT2D eigenvalue weighted by atomic mass is 35.5. The summed E-state index contributed by atoms with van der Waals surface area (Å²) in [4.78, 5) is 14.2. The molecule has 3 rings (SSSR count). The van der Waals surface area contributed by atoms with Crippen molar-refractivity contribution in [2.24, 2.45) is 0 Å². The second kappa shape index (κ2) is 7.56. The number of nitrogens with zero attached hydrogens (tertiary/aromatic N) is 1. The number of amides is 1. The van der Waals surface area contributed by atoms with Gasteiger partial charge in [0.15, 0.2) is 0 Å². The van der Waals surface area contributed by atoms with Crippen molar-refractivity contribution in [3.8, 4) is 0 Å². The molecular weight excluding hydrogens is 395 g/mol. The molecule has 8 heteroatoms. The lowest BCUT2D eigenvalue weighted by Crippen LogP contribution is -2.27. The van der Waals surface area contributed by atoms with Crippen LogP contribution in [-0.2, 0) is 16.6 Å². The van der Waals surface area contributed by atoms with Crippen LogP contribution in [0.25, 0.3) is 0 Å². The summed E-state index contributed by atoms with van der Waals surface area (Å²) in [6.45, 7) is 0.360. The highest BCUT2D eigenvalue weighted by Gasteiger charge is 2.28. The van der Waals surface area contributed by atoms with Gasteiger partial charge in [-0.15, -0.1) is 0 Å². The first kappa shape index (κ1) is 19.2. The molecule has 2 aromatic carbocycles. The molecule has 0 saturated heterocycles. The van der Waals surface area contributed by atoms with E-state index in [0.717, 1.165) is 18.4 Å². The fourth-order valence-electron chi connectivity index (χ4n) is 2.47. The van der Waals surface area contributed by atoms with Gasteiger partial charge in [-0.3, -0.25) is 4.79 Å². The Hall–Kier alpha value is -1.60. The van der Waals surface area contributed by atoms with Gasteiger partial charge >= 0.3 is 0 Å². The van der Waals surface area contributed by atoms with Crippen molar-refractivity contribution in [2.75, 3.05) is 7.05 Å². The molecule has 5 nitrogen and oxygen atoms in total. The van der Waals surface area contributed by atoms with Gasteiger partial charge in [0.2, 0.25) is 10.0 Å². The predicted molar refractivity (Wildman–Crippen MR) is 102 cm³/mol. The number of rotatable bonds is 6. The van der Waals surface area contributed by atoms with Gasteiger partial charge in [0.1, 0.15) is 0 Å². The molecule has 1 amide bonds. The minimum absolute atomic E-state index is 0.0404. The SMILES string of the molecule is CN(Cc1ccc(Cl)c(Cl)c1)C(=O)c1ccc(S(=O)(=O)NC2CC2)cc1. The molecule has 1 aliphatic carbocycles. The lowest BCUT2D eigenvalue weighted by Gasteiger charge is -2.18. The highest BCUT2D eigenvalue weighted by molar-refractivity contribution is 7.89. The molecule has 0 aliphatic heterocycles. The van der Waals surface area contributed by atoms with Crippen LogP contribution < -0.4 is 4.72 Å². The lowest BCUT2D eigenvalue weighted by molar-refractivity contribution is 0.0785.